The van der Waals surface area contributed by atoms with Gasteiger partial charge in [-0.3, -0.25) is 4.79 Å². The molecule has 126 valence electrons. The van der Waals surface area contributed by atoms with Crippen LogP contribution in [0.25, 0.3) is 11.4 Å². The van der Waals surface area contributed by atoms with Crippen LogP contribution in [0.5, 0.6) is 0 Å². The van der Waals surface area contributed by atoms with Crippen LogP contribution < -0.4 is 5.32 Å². The summed E-state index contributed by atoms with van der Waals surface area (Å²) in [5.41, 5.74) is 4.01. The first kappa shape index (κ1) is 15.6. The van der Waals surface area contributed by atoms with Gasteiger partial charge in [-0.25, -0.2) is 0 Å². The van der Waals surface area contributed by atoms with Gasteiger partial charge < -0.3 is 9.88 Å². The average Bonchev–Trinajstić information content (AvgIpc) is 3.02. The number of Topliss-reactive ketones (excluding diaryl/α,β-unsaturated/α-hetero) is 1. The maximum atomic E-state index is 12.1. The van der Waals surface area contributed by atoms with Crippen LogP contribution in [0.1, 0.15) is 34.6 Å². The van der Waals surface area contributed by atoms with E-state index in [0.717, 1.165) is 46.9 Å². The molecule has 1 heterocycles. The first-order chi connectivity index (χ1) is 12.2. The second kappa shape index (κ2) is 6.51. The van der Waals surface area contributed by atoms with Gasteiger partial charge in [0.2, 0.25) is 0 Å². The molecule has 0 saturated heterocycles. The lowest BCUT2D eigenvalue weighted by Gasteiger charge is -2.16. The third-order valence-electron chi connectivity index (χ3n) is 4.71. The van der Waals surface area contributed by atoms with Crippen LogP contribution in [0.4, 0.5) is 5.69 Å². The Hall–Kier alpha value is -2.95. The molecule has 0 bridgehead atoms. The maximum Gasteiger partial charge on any atom is 0.163 e. The first-order valence-electron chi connectivity index (χ1n) is 8.56. The van der Waals surface area contributed by atoms with Gasteiger partial charge in [-0.15, -0.1) is 10.2 Å². The molecule has 3 aromatic rings. The number of anilines is 1. The van der Waals surface area contributed by atoms with Crippen LogP contribution in [-0.2, 0) is 20.0 Å². The molecule has 0 saturated carbocycles. The number of carbonyl (C=O) groups excluding carboxylic acids is 1. The molecule has 0 spiro atoms. The van der Waals surface area contributed by atoms with E-state index >= 15 is 0 Å². The summed E-state index contributed by atoms with van der Waals surface area (Å²) in [6.07, 6.45) is 2.60. The van der Waals surface area contributed by atoms with Crippen molar-refractivity contribution in [3.63, 3.8) is 0 Å². The molecule has 0 atom stereocenters. The van der Waals surface area contributed by atoms with E-state index in [1.807, 2.05) is 54.1 Å². The number of ketones is 1. The predicted octanol–water partition coefficient (Wildman–Crippen LogP) is 3.61. The van der Waals surface area contributed by atoms with Crippen molar-refractivity contribution in [1.82, 2.24) is 14.8 Å². The van der Waals surface area contributed by atoms with Gasteiger partial charge in [0.05, 0.1) is 6.54 Å². The van der Waals surface area contributed by atoms with E-state index in [4.69, 9.17) is 0 Å². The van der Waals surface area contributed by atoms with Crippen molar-refractivity contribution in [3.05, 3.63) is 65.5 Å². The molecule has 0 fully saturated rings. The van der Waals surface area contributed by atoms with Crippen molar-refractivity contribution >= 4 is 11.5 Å². The number of carbonyl (C=O) groups is 1. The zero-order valence-corrected chi connectivity index (χ0v) is 14.2. The predicted molar refractivity (Wildman–Crippen MR) is 97.5 cm³/mol. The van der Waals surface area contributed by atoms with E-state index in [1.54, 1.807) is 0 Å². The number of hydrogen-bond acceptors (Lipinski definition) is 4. The van der Waals surface area contributed by atoms with Gasteiger partial charge in [0.1, 0.15) is 0 Å². The molecule has 0 unspecified atom stereocenters. The van der Waals surface area contributed by atoms with Crippen molar-refractivity contribution in [2.45, 2.75) is 25.8 Å². The minimum atomic E-state index is 0.245. The summed E-state index contributed by atoms with van der Waals surface area (Å²) in [5, 5.41) is 12.0. The molecule has 5 heteroatoms. The van der Waals surface area contributed by atoms with Crippen molar-refractivity contribution in [2.24, 2.45) is 7.05 Å². The van der Waals surface area contributed by atoms with Crippen LogP contribution in [0.15, 0.2) is 48.5 Å². The summed E-state index contributed by atoms with van der Waals surface area (Å²) in [7, 11) is 1.97. The summed E-state index contributed by atoms with van der Waals surface area (Å²) in [6, 6.07) is 16.1. The second-order valence-corrected chi connectivity index (χ2v) is 6.37. The van der Waals surface area contributed by atoms with Gasteiger partial charge in [0.15, 0.2) is 17.4 Å². The summed E-state index contributed by atoms with van der Waals surface area (Å²) in [5.74, 6) is 1.94. The monoisotopic (exact) mass is 332 g/mol. The summed E-state index contributed by atoms with van der Waals surface area (Å²) >= 11 is 0. The molecule has 5 nitrogen and oxygen atoms in total. The Bertz CT molecular complexity index is 915. The highest BCUT2D eigenvalue weighted by atomic mass is 16.1. The average molecular weight is 332 g/mol. The first-order valence-corrected chi connectivity index (χ1v) is 8.56. The minimum absolute atomic E-state index is 0.245. The summed E-state index contributed by atoms with van der Waals surface area (Å²) in [6.45, 7) is 0.559. The standard InChI is InChI=1S/C20H20N4O/c1-24-19(22-23-20(24)15-6-3-2-4-7-15)13-21-16-11-10-14-8-5-9-18(25)17(14)12-16/h2-4,6-7,10-12,21H,5,8-9,13H2,1H3. The third-order valence-corrected chi connectivity index (χ3v) is 4.71. The zero-order valence-electron chi connectivity index (χ0n) is 14.2. The Morgan fingerprint density at radius 3 is 2.76 bits per heavy atom. The van der Waals surface area contributed by atoms with E-state index < -0.39 is 0 Å². The van der Waals surface area contributed by atoms with Crippen LogP contribution in [0.3, 0.4) is 0 Å². The Morgan fingerprint density at radius 2 is 1.92 bits per heavy atom. The number of benzene rings is 2. The van der Waals surface area contributed by atoms with Crippen LogP contribution in [0.2, 0.25) is 0 Å². The van der Waals surface area contributed by atoms with E-state index in [1.165, 1.54) is 0 Å². The quantitative estimate of drug-likeness (QED) is 0.793. The fraction of sp³-hybridized carbons (Fsp3) is 0.250. The van der Waals surface area contributed by atoms with Crippen LogP contribution in [0, 0.1) is 0 Å². The molecule has 25 heavy (non-hydrogen) atoms. The molecule has 1 N–H and O–H groups in total. The van der Waals surface area contributed by atoms with Gasteiger partial charge in [-0.2, -0.15) is 0 Å². The molecule has 1 aromatic heterocycles. The van der Waals surface area contributed by atoms with Crippen molar-refractivity contribution in [2.75, 3.05) is 5.32 Å². The van der Waals surface area contributed by atoms with Gasteiger partial charge in [0.25, 0.3) is 0 Å². The zero-order chi connectivity index (χ0) is 17.2. The number of hydrogen-bond donors (Lipinski definition) is 1. The molecular formula is C20H20N4O. The Labute approximate surface area is 146 Å². The number of nitrogens with zero attached hydrogens (tertiary/aromatic N) is 3. The lowest BCUT2D eigenvalue weighted by molar-refractivity contribution is 0.0972. The highest BCUT2D eigenvalue weighted by molar-refractivity contribution is 5.99. The van der Waals surface area contributed by atoms with Gasteiger partial charge in [-0.05, 0) is 30.5 Å². The Balaban J connectivity index is 1.52. The highest BCUT2D eigenvalue weighted by Gasteiger charge is 2.17. The smallest absolute Gasteiger partial charge is 0.163 e. The molecule has 1 aliphatic rings. The SMILES string of the molecule is Cn1c(CNc2ccc3c(c2)C(=O)CCC3)nnc1-c1ccccc1. The lowest BCUT2D eigenvalue weighted by Crippen LogP contribution is -2.12. The van der Waals surface area contributed by atoms with Gasteiger partial charge >= 0.3 is 0 Å². The van der Waals surface area contributed by atoms with Crippen molar-refractivity contribution in [1.29, 1.82) is 0 Å². The topological polar surface area (TPSA) is 59.8 Å². The highest BCUT2D eigenvalue weighted by Crippen LogP contribution is 2.24. The second-order valence-electron chi connectivity index (χ2n) is 6.37. The van der Waals surface area contributed by atoms with Crippen LogP contribution >= 0.6 is 0 Å². The largest absolute Gasteiger partial charge is 0.378 e. The third kappa shape index (κ3) is 3.05. The Morgan fingerprint density at radius 1 is 1.08 bits per heavy atom. The van der Waals surface area contributed by atoms with Crippen LogP contribution in [-0.4, -0.2) is 20.5 Å². The van der Waals surface area contributed by atoms with E-state index in [9.17, 15) is 4.79 Å². The summed E-state index contributed by atoms with van der Waals surface area (Å²) in [4.78, 5) is 12.1. The number of aryl methyl sites for hydroxylation is 1. The van der Waals surface area contributed by atoms with Gasteiger partial charge in [-0.1, -0.05) is 36.4 Å². The fourth-order valence-electron chi connectivity index (χ4n) is 3.27. The normalized spacial score (nSPS) is 13.6. The van der Waals surface area contributed by atoms with E-state index in [-0.39, 0.29) is 5.78 Å². The van der Waals surface area contributed by atoms with Crippen molar-refractivity contribution in [3.8, 4) is 11.4 Å². The molecule has 1 aliphatic carbocycles. The van der Waals surface area contributed by atoms with Gasteiger partial charge in [0, 0.05) is 30.3 Å². The maximum absolute atomic E-state index is 12.1. The summed E-state index contributed by atoms with van der Waals surface area (Å²) < 4.78 is 1.99. The van der Waals surface area contributed by atoms with Crippen molar-refractivity contribution < 1.29 is 4.79 Å². The molecular weight excluding hydrogens is 312 g/mol. The molecule has 0 aliphatic heterocycles. The van der Waals surface area contributed by atoms with E-state index in [0.29, 0.717) is 13.0 Å². The lowest BCUT2D eigenvalue weighted by atomic mass is 9.90. The molecule has 2 aromatic carbocycles. The minimum Gasteiger partial charge on any atom is -0.378 e. The molecule has 0 radical (unpaired) electrons. The number of aromatic nitrogens is 3. The fourth-order valence-corrected chi connectivity index (χ4v) is 3.27. The Kier molecular flexibility index (Phi) is 4.06. The molecule has 0 amide bonds. The van der Waals surface area contributed by atoms with E-state index in [2.05, 4.69) is 21.6 Å². The number of fused-ring (bicyclic) bond motifs is 1. The number of rotatable bonds is 4. The number of nitrogens with one attached hydrogen (secondary N) is 1. The molecule has 4 rings (SSSR count).